The maximum atomic E-state index is 9.04. The average molecular weight is 217 g/mol. The van der Waals surface area contributed by atoms with Crippen LogP contribution in [0.2, 0.25) is 0 Å². The summed E-state index contributed by atoms with van der Waals surface area (Å²) in [5, 5.41) is 20.4. The highest BCUT2D eigenvalue weighted by Gasteiger charge is 2.25. The average Bonchev–Trinajstić information content (AvgIpc) is 2.32. The van der Waals surface area contributed by atoms with Crippen molar-refractivity contribution < 1.29 is 0 Å². The van der Waals surface area contributed by atoms with Gasteiger partial charge in [-0.25, -0.2) is 0 Å². The number of hydrogen-bond acceptors (Lipinski definition) is 5. The summed E-state index contributed by atoms with van der Waals surface area (Å²) in [6.45, 7) is 6.01. The van der Waals surface area contributed by atoms with Gasteiger partial charge in [0.2, 0.25) is 0 Å². The summed E-state index contributed by atoms with van der Waals surface area (Å²) in [4.78, 5) is 2.15. The number of nitrogens with zero attached hydrogens (tertiary/aromatic N) is 4. The van der Waals surface area contributed by atoms with E-state index < -0.39 is 0 Å². The standard InChI is InChI=1S/C11H15N5/c1-8-7-16(9(2)6-13-8)11-10(5-12)3-4-14-15-11/h3-4,8-9,13H,6-7H2,1-2H3. The summed E-state index contributed by atoms with van der Waals surface area (Å²) in [7, 11) is 0. The van der Waals surface area contributed by atoms with Gasteiger partial charge in [-0.05, 0) is 19.9 Å². The third-order valence-corrected chi connectivity index (χ3v) is 2.86. The van der Waals surface area contributed by atoms with E-state index in [1.807, 2.05) is 0 Å². The molecule has 1 saturated heterocycles. The van der Waals surface area contributed by atoms with Crippen LogP contribution in [0, 0.1) is 11.3 Å². The number of anilines is 1. The van der Waals surface area contributed by atoms with Crippen LogP contribution in [0.3, 0.4) is 0 Å². The maximum absolute atomic E-state index is 9.04. The first-order chi connectivity index (χ1) is 7.72. The molecule has 0 amide bonds. The topological polar surface area (TPSA) is 64.8 Å². The third-order valence-electron chi connectivity index (χ3n) is 2.86. The molecule has 0 aliphatic carbocycles. The first-order valence-corrected chi connectivity index (χ1v) is 5.44. The van der Waals surface area contributed by atoms with E-state index in [1.165, 1.54) is 0 Å². The Morgan fingerprint density at radius 1 is 1.56 bits per heavy atom. The van der Waals surface area contributed by atoms with Gasteiger partial charge in [-0.15, -0.1) is 5.10 Å². The van der Waals surface area contributed by atoms with Crippen LogP contribution >= 0.6 is 0 Å². The maximum Gasteiger partial charge on any atom is 0.169 e. The van der Waals surface area contributed by atoms with Crippen molar-refractivity contribution in [3.63, 3.8) is 0 Å². The van der Waals surface area contributed by atoms with E-state index in [9.17, 15) is 0 Å². The van der Waals surface area contributed by atoms with Crippen molar-refractivity contribution >= 4 is 5.82 Å². The van der Waals surface area contributed by atoms with Gasteiger partial charge in [0, 0.05) is 25.2 Å². The smallest absolute Gasteiger partial charge is 0.169 e. The highest BCUT2D eigenvalue weighted by molar-refractivity contribution is 5.53. The molecule has 1 fully saturated rings. The van der Waals surface area contributed by atoms with E-state index >= 15 is 0 Å². The molecule has 84 valence electrons. The summed E-state index contributed by atoms with van der Waals surface area (Å²) in [6, 6.07) is 4.61. The molecule has 5 nitrogen and oxygen atoms in total. The molecule has 1 aromatic rings. The van der Waals surface area contributed by atoms with Gasteiger partial charge >= 0.3 is 0 Å². The van der Waals surface area contributed by atoms with Crippen molar-refractivity contribution in [2.24, 2.45) is 0 Å². The van der Waals surface area contributed by atoms with Crippen molar-refractivity contribution in [3.8, 4) is 6.07 Å². The minimum absolute atomic E-state index is 0.333. The van der Waals surface area contributed by atoms with E-state index in [1.54, 1.807) is 12.3 Å². The lowest BCUT2D eigenvalue weighted by Gasteiger charge is -2.38. The highest BCUT2D eigenvalue weighted by atomic mass is 15.3. The minimum Gasteiger partial charge on any atom is -0.348 e. The van der Waals surface area contributed by atoms with Crippen molar-refractivity contribution in [2.45, 2.75) is 25.9 Å². The SMILES string of the molecule is CC1CN(c2nnccc2C#N)C(C)CN1. The molecule has 16 heavy (non-hydrogen) atoms. The van der Waals surface area contributed by atoms with Crippen LogP contribution in [-0.4, -0.2) is 35.4 Å². The van der Waals surface area contributed by atoms with Crippen LogP contribution in [0.25, 0.3) is 0 Å². The molecular formula is C11H15N5. The van der Waals surface area contributed by atoms with Crippen LogP contribution in [0.1, 0.15) is 19.4 Å². The number of hydrogen-bond donors (Lipinski definition) is 1. The summed E-state index contributed by atoms with van der Waals surface area (Å²) in [5.74, 6) is 0.700. The lowest BCUT2D eigenvalue weighted by Crippen LogP contribution is -2.55. The lowest BCUT2D eigenvalue weighted by atomic mass is 10.1. The molecule has 1 aromatic heterocycles. The molecule has 0 spiro atoms. The Bertz CT molecular complexity index is 411. The molecule has 1 N–H and O–H groups in total. The fraction of sp³-hybridized carbons (Fsp3) is 0.545. The van der Waals surface area contributed by atoms with Gasteiger partial charge in [-0.1, -0.05) is 0 Å². The van der Waals surface area contributed by atoms with Crippen LogP contribution in [0.5, 0.6) is 0 Å². The normalized spacial score (nSPS) is 25.2. The first-order valence-electron chi connectivity index (χ1n) is 5.44. The molecule has 2 heterocycles. The van der Waals surface area contributed by atoms with Crippen LogP contribution in [0.4, 0.5) is 5.82 Å². The molecule has 1 aliphatic heterocycles. The molecule has 5 heteroatoms. The van der Waals surface area contributed by atoms with E-state index in [-0.39, 0.29) is 0 Å². The van der Waals surface area contributed by atoms with Gasteiger partial charge in [0.15, 0.2) is 5.82 Å². The monoisotopic (exact) mass is 217 g/mol. The van der Waals surface area contributed by atoms with Crippen LogP contribution in [-0.2, 0) is 0 Å². The fourth-order valence-electron chi connectivity index (χ4n) is 1.94. The Labute approximate surface area is 95.1 Å². The molecule has 0 bridgehead atoms. The quantitative estimate of drug-likeness (QED) is 0.743. The van der Waals surface area contributed by atoms with Gasteiger partial charge in [-0.3, -0.25) is 0 Å². The van der Waals surface area contributed by atoms with E-state index in [2.05, 4.69) is 40.3 Å². The summed E-state index contributed by atoms with van der Waals surface area (Å²) in [6.07, 6.45) is 1.55. The zero-order valence-corrected chi connectivity index (χ0v) is 9.51. The van der Waals surface area contributed by atoms with E-state index in [0.29, 0.717) is 23.5 Å². The van der Waals surface area contributed by atoms with Gasteiger partial charge in [0.05, 0.1) is 11.8 Å². The first kappa shape index (κ1) is 10.8. The molecule has 1 aliphatic rings. The molecule has 2 rings (SSSR count). The Hall–Kier alpha value is -1.67. The Morgan fingerprint density at radius 2 is 2.38 bits per heavy atom. The Balaban J connectivity index is 2.32. The molecule has 0 aromatic carbocycles. The van der Waals surface area contributed by atoms with Crippen molar-refractivity contribution in [1.82, 2.24) is 15.5 Å². The van der Waals surface area contributed by atoms with Crippen molar-refractivity contribution in [1.29, 1.82) is 5.26 Å². The number of aromatic nitrogens is 2. The number of nitriles is 1. The Kier molecular flexibility index (Phi) is 3.02. The van der Waals surface area contributed by atoms with Crippen molar-refractivity contribution in [3.05, 3.63) is 17.8 Å². The largest absolute Gasteiger partial charge is 0.348 e. The molecule has 0 saturated carbocycles. The Morgan fingerprint density at radius 3 is 3.12 bits per heavy atom. The van der Waals surface area contributed by atoms with Gasteiger partial charge < -0.3 is 10.2 Å². The van der Waals surface area contributed by atoms with Gasteiger partial charge in [0.1, 0.15) is 6.07 Å². The molecule has 2 unspecified atom stereocenters. The number of piperazine rings is 1. The number of nitrogens with one attached hydrogen (secondary N) is 1. The second-order valence-electron chi connectivity index (χ2n) is 4.19. The predicted molar refractivity (Wildman–Crippen MR) is 61.0 cm³/mol. The van der Waals surface area contributed by atoms with Gasteiger partial charge in [-0.2, -0.15) is 10.4 Å². The zero-order chi connectivity index (χ0) is 11.5. The fourth-order valence-corrected chi connectivity index (χ4v) is 1.94. The predicted octanol–water partition coefficient (Wildman–Crippen LogP) is 0.535. The van der Waals surface area contributed by atoms with E-state index in [4.69, 9.17) is 5.26 Å². The van der Waals surface area contributed by atoms with Crippen molar-refractivity contribution in [2.75, 3.05) is 18.0 Å². The second-order valence-corrected chi connectivity index (χ2v) is 4.19. The summed E-state index contributed by atoms with van der Waals surface area (Å²) in [5.41, 5.74) is 0.593. The summed E-state index contributed by atoms with van der Waals surface area (Å²) >= 11 is 0. The minimum atomic E-state index is 0.333. The molecular weight excluding hydrogens is 202 g/mol. The lowest BCUT2D eigenvalue weighted by molar-refractivity contribution is 0.421. The highest BCUT2D eigenvalue weighted by Crippen LogP contribution is 2.20. The van der Waals surface area contributed by atoms with Crippen LogP contribution in [0.15, 0.2) is 12.3 Å². The molecule has 2 atom stereocenters. The zero-order valence-electron chi connectivity index (χ0n) is 9.51. The summed E-state index contributed by atoms with van der Waals surface area (Å²) < 4.78 is 0. The van der Waals surface area contributed by atoms with Gasteiger partial charge in [0.25, 0.3) is 0 Å². The third kappa shape index (κ3) is 1.97. The van der Waals surface area contributed by atoms with Crippen LogP contribution < -0.4 is 10.2 Å². The second kappa shape index (κ2) is 4.45. The molecule has 0 radical (unpaired) electrons. The van der Waals surface area contributed by atoms with E-state index in [0.717, 1.165) is 13.1 Å². The number of rotatable bonds is 1.